The molecular weight excluding hydrogens is 238 g/mol. The fraction of sp³-hybridized carbons (Fsp3) is 0.643. The molecule has 1 unspecified atom stereocenters. The zero-order chi connectivity index (χ0) is 14.0. The molecule has 0 radical (unpaired) electrons. The quantitative estimate of drug-likeness (QED) is 0.805. The Kier molecular flexibility index (Phi) is 4.01. The molecule has 1 aromatic rings. The lowest BCUT2D eigenvalue weighted by Gasteiger charge is -2.39. The maximum absolute atomic E-state index is 9.37. The molecule has 1 saturated heterocycles. The maximum atomic E-state index is 9.37. The molecule has 0 N–H and O–H groups in total. The molecule has 0 aliphatic carbocycles. The number of nitriles is 1. The molecule has 0 bridgehead atoms. The van der Waals surface area contributed by atoms with Crippen molar-refractivity contribution in [3.05, 3.63) is 16.8 Å². The Bertz CT molecular complexity index is 505. The van der Waals surface area contributed by atoms with E-state index in [9.17, 15) is 5.26 Å². The van der Waals surface area contributed by atoms with Gasteiger partial charge in [-0.3, -0.25) is 4.90 Å². The third-order valence-electron chi connectivity index (χ3n) is 4.10. The number of piperazine rings is 1. The van der Waals surface area contributed by atoms with Crippen LogP contribution in [0.5, 0.6) is 0 Å². The van der Waals surface area contributed by atoms with Gasteiger partial charge in [0.25, 0.3) is 0 Å². The summed E-state index contributed by atoms with van der Waals surface area (Å²) in [7, 11) is 2.16. The molecule has 1 aromatic heterocycles. The number of likely N-dealkylation sites (N-methyl/N-ethyl adjacent to an activating group) is 1. The van der Waals surface area contributed by atoms with E-state index in [1.54, 1.807) is 0 Å². The van der Waals surface area contributed by atoms with Crippen molar-refractivity contribution in [2.75, 3.05) is 31.6 Å². The van der Waals surface area contributed by atoms with Crippen LogP contribution in [0.3, 0.4) is 0 Å². The fourth-order valence-electron chi connectivity index (χ4n) is 2.53. The van der Waals surface area contributed by atoms with Gasteiger partial charge in [0.2, 0.25) is 0 Å². The molecule has 102 valence electrons. The van der Waals surface area contributed by atoms with Gasteiger partial charge in [0.05, 0.1) is 5.69 Å². The van der Waals surface area contributed by atoms with Gasteiger partial charge in [-0.1, -0.05) is 6.92 Å². The Morgan fingerprint density at radius 1 is 1.32 bits per heavy atom. The Balaban J connectivity index is 2.33. The van der Waals surface area contributed by atoms with E-state index in [1.165, 1.54) is 0 Å². The highest BCUT2D eigenvalue weighted by Crippen LogP contribution is 2.24. The van der Waals surface area contributed by atoms with Crippen molar-refractivity contribution in [2.24, 2.45) is 0 Å². The van der Waals surface area contributed by atoms with Gasteiger partial charge in [0, 0.05) is 25.7 Å². The zero-order valence-electron chi connectivity index (χ0n) is 12.1. The summed E-state index contributed by atoms with van der Waals surface area (Å²) < 4.78 is 0. The second-order valence-electron chi connectivity index (χ2n) is 5.21. The minimum atomic E-state index is 0.517. The number of rotatable bonds is 2. The molecule has 1 aliphatic heterocycles. The first-order chi connectivity index (χ1) is 9.08. The summed E-state index contributed by atoms with van der Waals surface area (Å²) in [5, 5.41) is 17.8. The van der Waals surface area contributed by atoms with Crippen molar-refractivity contribution >= 4 is 5.82 Å². The van der Waals surface area contributed by atoms with E-state index in [0.717, 1.165) is 43.1 Å². The number of hydrogen-bond acceptors (Lipinski definition) is 5. The van der Waals surface area contributed by atoms with E-state index in [2.05, 4.69) is 40.0 Å². The fourth-order valence-corrected chi connectivity index (χ4v) is 2.53. The van der Waals surface area contributed by atoms with Crippen LogP contribution in [0.25, 0.3) is 0 Å². The summed E-state index contributed by atoms with van der Waals surface area (Å²) in [6.07, 6.45) is 1.10. The van der Waals surface area contributed by atoms with E-state index in [0.29, 0.717) is 11.6 Å². The lowest BCUT2D eigenvalue weighted by Crippen LogP contribution is -2.51. The van der Waals surface area contributed by atoms with E-state index < -0.39 is 0 Å². The molecule has 1 atom stereocenters. The first kappa shape index (κ1) is 13.8. The number of aryl methyl sites for hydroxylation is 1. The average molecular weight is 259 g/mol. The topological polar surface area (TPSA) is 56.1 Å². The predicted molar refractivity (Wildman–Crippen MR) is 75.1 cm³/mol. The minimum Gasteiger partial charge on any atom is -0.351 e. The summed E-state index contributed by atoms with van der Waals surface area (Å²) in [6, 6.07) is 2.81. The van der Waals surface area contributed by atoms with E-state index in [1.807, 2.05) is 13.8 Å². The number of aromatic nitrogens is 2. The molecule has 0 aromatic carbocycles. The molecule has 0 amide bonds. The van der Waals surface area contributed by atoms with Gasteiger partial charge < -0.3 is 4.90 Å². The summed E-state index contributed by atoms with van der Waals surface area (Å²) in [5.41, 5.74) is 2.45. The predicted octanol–water partition coefficient (Wildman–Crippen LogP) is 1.50. The van der Waals surface area contributed by atoms with Crippen molar-refractivity contribution < 1.29 is 0 Å². The Hall–Kier alpha value is -1.67. The molecule has 2 heterocycles. The second kappa shape index (κ2) is 5.54. The van der Waals surface area contributed by atoms with Crippen molar-refractivity contribution in [1.29, 1.82) is 5.26 Å². The molecular formula is C14H21N5. The minimum absolute atomic E-state index is 0.517. The smallest absolute Gasteiger partial charge is 0.169 e. The Morgan fingerprint density at radius 2 is 2.05 bits per heavy atom. The van der Waals surface area contributed by atoms with Gasteiger partial charge in [-0.25, -0.2) is 0 Å². The molecule has 1 fully saturated rings. The van der Waals surface area contributed by atoms with Crippen molar-refractivity contribution in [2.45, 2.75) is 33.2 Å². The van der Waals surface area contributed by atoms with E-state index in [-0.39, 0.29) is 0 Å². The van der Waals surface area contributed by atoms with Crippen molar-refractivity contribution in [3.63, 3.8) is 0 Å². The molecule has 1 aliphatic rings. The number of anilines is 1. The van der Waals surface area contributed by atoms with Gasteiger partial charge in [-0.05, 0) is 32.9 Å². The second-order valence-corrected chi connectivity index (χ2v) is 5.21. The van der Waals surface area contributed by atoms with E-state index >= 15 is 0 Å². The average Bonchev–Trinajstić information content (AvgIpc) is 2.42. The van der Waals surface area contributed by atoms with Gasteiger partial charge in [-0.2, -0.15) is 10.4 Å². The van der Waals surface area contributed by atoms with Gasteiger partial charge >= 0.3 is 0 Å². The van der Waals surface area contributed by atoms with Crippen LogP contribution >= 0.6 is 0 Å². The normalized spacial score (nSPS) is 20.4. The van der Waals surface area contributed by atoms with Crippen LogP contribution in [0.15, 0.2) is 0 Å². The summed E-state index contributed by atoms with van der Waals surface area (Å²) in [5.74, 6) is 0.747. The van der Waals surface area contributed by atoms with Gasteiger partial charge in [0.15, 0.2) is 5.82 Å². The molecule has 19 heavy (non-hydrogen) atoms. The standard InChI is InChI=1S/C14H21N5/c1-5-12-9-19(7-6-18(12)4)14-13(8-15)10(2)11(3)16-17-14/h12H,5-7,9H2,1-4H3. The summed E-state index contributed by atoms with van der Waals surface area (Å²) in [4.78, 5) is 4.57. The SMILES string of the molecule is CCC1CN(c2nnc(C)c(C)c2C#N)CCN1C. The Morgan fingerprint density at radius 3 is 2.68 bits per heavy atom. The Labute approximate surface area is 114 Å². The third-order valence-corrected chi connectivity index (χ3v) is 4.10. The third kappa shape index (κ3) is 2.54. The molecule has 2 rings (SSSR count). The molecule has 5 heteroatoms. The van der Waals surface area contributed by atoms with Gasteiger partial charge in [0.1, 0.15) is 11.6 Å². The highest BCUT2D eigenvalue weighted by Gasteiger charge is 2.26. The van der Waals surface area contributed by atoms with Crippen LogP contribution in [0.4, 0.5) is 5.82 Å². The van der Waals surface area contributed by atoms with Gasteiger partial charge in [-0.15, -0.1) is 5.10 Å². The highest BCUT2D eigenvalue weighted by molar-refractivity contribution is 5.57. The lowest BCUT2D eigenvalue weighted by atomic mass is 10.1. The number of nitrogens with zero attached hydrogens (tertiary/aromatic N) is 5. The summed E-state index contributed by atoms with van der Waals surface area (Å²) >= 11 is 0. The van der Waals surface area contributed by atoms with Crippen molar-refractivity contribution in [3.8, 4) is 6.07 Å². The van der Waals surface area contributed by atoms with Crippen LogP contribution in [0.1, 0.15) is 30.2 Å². The van der Waals surface area contributed by atoms with E-state index in [4.69, 9.17) is 0 Å². The van der Waals surface area contributed by atoms with Crippen LogP contribution in [-0.2, 0) is 0 Å². The van der Waals surface area contributed by atoms with Crippen molar-refractivity contribution in [1.82, 2.24) is 15.1 Å². The highest BCUT2D eigenvalue weighted by atomic mass is 15.3. The van der Waals surface area contributed by atoms with Crippen LogP contribution in [0, 0.1) is 25.2 Å². The maximum Gasteiger partial charge on any atom is 0.169 e. The first-order valence-electron chi connectivity index (χ1n) is 6.77. The number of hydrogen-bond donors (Lipinski definition) is 0. The van der Waals surface area contributed by atoms with Crippen LogP contribution in [0.2, 0.25) is 0 Å². The molecule has 0 spiro atoms. The first-order valence-corrected chi connectivity index (χ1v) is 6.77. The largest absolute Gasteiger partial charge is 0.351 e. The summed E-state index contributed by atoms with van der Waals surface area (Å²) in [6.45, 7) is 8.85. The lowest BCUT2D eigenvalue weighted by molar-refractivity contribution is 0.212. The molecule has 0 saturated carbocycles. The van der Waals surface area contributed by atoms with Crippen LogP contribution < -0.4 is 4.90 Å². The monoisotopic (exact) mass is 259 g/mol. The van der Waals surface area contributed by atoms with Crippen LogP contribution in [-0.4, -0.2) is 47.8 Å². The zero-order valence-corrected chi connectivity index (χ0v) is 12.1. The molecule has 5 nitrogen and oxygen atoms in total.